The summed E-state index contributed by atoms with van der Waals surface area (Å²) in [6.07, 6.45) is -5.70. The fraction of sp³-hybridized carbons (Fsp3) is 0.250. The van der Waals surface area contributed by atoms with E-state index in [-0.39, 0.29) is 37.7 Å². The van der Waals surface area contributed by atoms with Crippen LogP contribution in [0.5, 0.6) is 0 Å². The average Bonchev–Trinajstić information content (AvgIpc) is 3.36. The summed E-state index contributed by atoms with van der Waals surface area (Å²) in [4.78, 5) is 23.1. The van der Waals surface area contributed by atoms with Gasteiger partial charge in [0, 0.05) is 43.6 Å². The van der Waals surface area contributed by atoms with E-state index in [9.17, 15) is 31.1 Å². The lowest BCUT2D eigenvalue weighted by Gasteiger charge is -2.31. The number of fused-ring (bicyclic) bond motifs is 1. The molecule has 1 aliphatic heterocycles. The van der Waals surface area contributed by atoms with Crippen LogP contribution in [0.15, 0.2) is 66.7 Å². The molecule has 2 aromatic carbocycles. The predicted octanol–water partition coefficient (Wildman–Crippen LogP) is 5.77. The van der Waals surface area contributed by atoms with Crippen molar-refractivity contribution in [2.24, 2.45) is 5.73 Å². The number of nitrogens with two attached hydrogens (primary N) is 1. The van der Waals surface area contributed by atoms with Gasteiger partial charge in [-0.05, 0) is 65.7 Å². The van der Waals surface area contributed by atoms with Gasteiger partial charge in [-0.25, -0.2) is 22.5 Å². The van der Waals surface area contributed by atoms with Crippen molar-refractivity contribution in [3.8, 4) is 22.4 Å². The number of hydrogen-bond acceptors (Lipinski definition) is 4. The third-order valence-corrected chi connectivity index (χ3v) is 6.45. The Morgan fingerprint density at radius 1 is 0.902 bits per heavy atom. The van der Waals surface area contributed by atoms with Crippen molar-refractivity contribution in [2.75, 3.05) is 13.1 Å². The predicted molar refractivity (Wildman–Crippen MR) is 138 cm³/mol. The van der Waals surface area contributed by atoms with E-state index in [2.05, 4.69) is 5.10 Å². The zero-order valence-electron chi connectivity index (χ0n) is 21.3. The van der Waals surface area contributed by atoms with E-state index in [0.29, 0.717) is 12.1 Å². The van der Waals surface area contributed by atoms with Gasteiger partial charge < -0.3 is 15.7 Å². The van der Waals surface area contributed by atoms with Crippen LogP contribution in [0.4, 0.5) is 26.3 Å². The number of piperidine rings is 1. The van der Waals surface area contributed by atoms with Gasteiger partial charge in [0.25, 0.3) is 11.8 Å². The van der Waals surface area contributed by atoms with Crippen LogP contribution in [0, 0.1) is 5.82 Å². The molecule has 0 radical (unpaired) electrons. The Balaban J connectivity index is 0.000000493. The van der Waals surface area contributed by atoms with Crippen molar-refractivity contribution >= 4 is 17.4 Å². The first-order valence-corrected chi connectivity index (χ1v) is 12.3. The number of nitrogens with zero attached hydrogens (tertiary/aromatic N) is 3. The molecule has 1 amide bonds. The number of alkyl halides is 5. The number of aromatic nitrogens is 2. The van der Waals surface area contributed by atoms with Crippen LogP contribution in [0.1, 0.15) is 28.9 Å². The molecule has 2 aromatic heterocycles. The van der Waals surface area contributed by atoms with Crippen LogP contribution in [-0.2, 0) is 11.3 Å². The van der Waals surface area contributed by atoms with Crippen molar-refractivity contribution in [1.82, 2.24) is 14.5 Å². The van der Waals surface area contributed by atoms with Gasteiger partial charge in [-0.15, -0.1) is 0 Å². The second kappa shape index (κ2) is 11.6. The molecule has 0 unspecified atom stereocenters. The van der Waals surface area contributed by atoms with Gasteiger partial charge in [0.15, 0.2) is 0 Å². The number of carbonyl (C=O) groups excluding carboxylic acids is 1. The van der Waals surface area contributed by atoms with E-state index < -0.39 is 18.1 Å². The first-order valence-electron chi connectivity index (χ1n) is 12.3. The van der Waals surface area contributed by atoms with Crippen LogP contribution in [0.25, 0.3) is 27.9 Å². The molecule has 0 spiro atoms. The molecule has 1 aliphatic rings. The number of hydrogen-bond donors (Lipinski definition) is 2. The molecule has 1 fully saturated rings. The fourth-order valence-corrected chi connectivity index (χ4v) is 4.27. The van der Waals surface area contributed by atoms with Crippen molar-refractivity contribution in [2.45, 2.75) is 31.5 Å². The summed E-state index contributed by atoms with van der Waals surface area (Å²) in [6, 6.07) is 19.1. The number of amides is 1. The third-order valence-electron chi connectivity index (χ3n) is 6.45. The van der Waals surface area contributed by atoms with Crippen molar-refractivity contribution in [3.63, 3.8) is 0 Å². The van der Waals surface area contributed by atoms with Crippen molar-refractivity contribution < 1.29 is 41.0 Å². The number of rotatable bonds is 4. The van der Waals surface area contributed by atoms with E-state index in [1.54, 1.807) is 28.8 Å². The van der Waals surface area contributed by atoms with Gasteiger partial charge in [-0.3, -0.25) is 4.79 Å². The molecule has 3 N–H and O–H groups in total. The number of carboxylic acids is 1. The summed E-state index contributed by atoms with van der Waals surface area (Å²) >= 11 is 0. The van der Waals surface area contributed by atoms with Crippen LogP contribution in [-0.4, -0.2) is 56.7 Å². The minimum atomic E-state index is -5.08. The van der Waals surface area contributed by atoms with E-state index in [1.807, 2.05) is 30.3 Å². The topological polar surface area (TPSA) is 101 Å². The van der Waals surface area contributed by atoms with Gasteiger partial charge in [-0.2, -0.15) is 18.3 Å². The summed E-state index contributed by atoms with van der Waals surface area (Å²) in [5, 5.41) is 11.7. The van der Waals surface area contributed by atoms with Crippen molar-refractivity contribution in [3.05, 3.63) is 83.8 Å². The maximum absolute atomic E-state index is 13.5. The van der Waals surface area contributed by atoms with E-state index >= 15 is 0 Å². The third kappa shape index (κ3) is 7.04. The Morgan fingerprint density at radius 3 is 2.00 bits per heavy atom. The molecule has 0 saturated carbocycles. The molecule has 0 aliphatic carbocycles. The van der Waals surface area contributed by atoms with Crippen LogP contribution in [0.2, 0.25) is 0 Å². The molecule has 13 heteroatoms. The van der Waals surface area contributed by atoms with Gasteiger partial charge in [-0.1, -0.05) is 12.1 Å². The first-order chi connectivity index (χ1) is 19.3. The highest BCUT2D eigenvalue weighted by molar-refractivity contribution is 5.95. The van der Waals surface area contributed by atoms with Crippen LogP contribution in [0.3, 0.4) is 0 Å². The Morgan fingerprint density at radius 2 is 1.46 bits per heavy atom. The maximum atomic E-state index is 13.5. The zero-order chi connectivity index (χ0) is 29.9. The zero-order valence-corrected chi connectivity index (χ0v) is 21.3. The second-order valence-corrected chi connectivity index (χ2v) is 9.34. The highest BCUT2D eigenvalue weighted by Gasteiger charge is 2.38. The fourth-order valence-electron chi connectivity index (χ4n) is 4.27. The SMILES string of the molecule is NCc1cc2cc(-c3ccc(C(=O)N4CCC(F)(F)CC4)cc3)cc(-c3ccc(F)cc3)n2n1.O=C(O)C(F)(F)F. The van der Waals surface area contributed by atoms with E-state index in [1.165, 1.54) is 17.0 Å². The molecular formula is C28H24F6N4O3. The highest BCUT2D eigenvalue weighted by Crippen LogP contribution is 2.31. The second-order valence-electron chi connectivity index (χ2n) is 9.34. The number of benzene rings is 2. The highest BCUT2D eigenvalue weighted by atomic mass is 19.4. The largest absolute Gasteiger partial charge is 0.490 e. The smallest absolute Gasteiger partial charge is 0.475 e. The minimum absolute atomic E-state index is 0.0516. The first kappa shape index (κ1) is 29.6. The summed E-state index contributed by atoms with van der Waals surface area (Å²) in [5.41, 5.74) is 11.2. The lowest BCUT2D eigenvalue weighted by atomic mass is 10.0. The van der Waals surface area contributed by atoms with Crippen LogP contribution >= 0.6 is 0 Å². The number of aliphatic carboxylic acids is 1. The van der Waals surface area contributed by atoms with E-state index in [0.717, 1.165) is 33.6 Å². The molecule has 5 rings (SSSR count). The van der Waals surface area contributed by atoms with Gasteiger partial charge in [0.05, 0.1) is 16.9 Å². The molecule has 1 saturated heterocycles. The number of halogens is 6. The number of likely N-dealkylation sites (tertiary alicyclic amines) is 1. The minimum Gasteiger partial charge on any atom is -0.475 e. The summed E-state index contributed by atoms with van der Waals surface area (Å²) < 4.78 is 73.9. The van der Waals surface area contributed by atoms with Gasteiger partial charge in [0.2, 0.25) is 0 Å². The monoisotopic (exact) mass is 578 g/mol. The summed E-state index contributed by atoms with van der Waals surface area (Å²) in [7, 11) is 0. The molecule has 41 heavy (non-hydrogen) atoms. The normalized spacial score (nSPS) is 14.9. The Bertz CT molecular complexity index is 1540. The van der Waals surface area contributed by atoms with Crippen LogP contribution < -0.4 is 5.73 Å². The Labute approximate surface area is 229 Å². The maximum Gasteiger partial charge on any atom is 0.490 e. The Kier molecular flexibility index (Phi) is 8.38. The van der Waals surface area contributed by atoms with Gasteiger partial charge >= 0.3 is 12.1 Å². The number of carbonyl (C=O) groups is 2. The molecule has 7 nitrogen and oxygen atoms in total. The summed E-state index contributed by atoms with van der Waals surface area (Å²) in [5.74, 6) is -6.02. The van der Waals surface area contributed by atoms with Gasteiger partial charge in [0.1, 0.15) is 5.82 Å². The Hall–Kier alpha value is -4.39. The average molecular weight is 579 g/mol. The molecule has 0 bridgehead atoms. The van der Waals surface area contributed by atoms with Crippen molar-refractivity contribution in [1.29, 1.82) is 0 Å². The van der Waals surface area contributed by atoms with E-state index in [4.69, 9.17) is 15.6 Å². The summed E-state index contributed by atoms with van der Waals surface area (Å²) in [6.45, 7) is 0.394. The quantitative estimate of drug-likeness (QED) is 0.300. The molecular weight excluding hydrogens is 554 g/mol. The lowest BCUT2D eigenvalue weighted by Crippen LogP contribution is -2.42. The molecule has 216 valence electrons. The number of carboxylic acid groups (broad SMARTS) is 1. The molecule has 0 atom stereocenters. The lowest BCUT2D eigenvalue weighted by molar-refractivity contribution is -0.192. The molecule has 3 heterocycles. The standard InChI is InChI=1S/C26H23F3N4O.C2HF3O2/c27-21-7-5-18(6-8-21)24-14-20(13-23-15-22(16-30)31-33(23)24)17-1-3-19(4-2-17)25(34)32-11-9-26(28,29)10-12-32;3-2(4,5)1(6)7/h1-8,13-15H,9-12,16,30H2;(H,6,7). The number of pyridine rings is 1. The molecule has 4 aromatic rings.